The van der Waals surface area contributed by atoms with Gasteiger partial charge in [-0.2, -0.15) is 0 Å². The number of aryl methyl sites for hydroxylation is 1. The van der Waals surface area contributed by atoms with Crippen LogP contribution in [0, 0.1) is 6.92 Å². The molecule has 3 aromatic rings. The zero-order chi connectivity index (χ0) is 17.5. The SMILES string of the molecule is COc1cc(CNCc2ccco2)ccc1OCc1ccccc1C.[Cl-]. The van der Waals surface area contributed by atoms with Crippen molar-refractivity contribution in [3.63, 3.8) is 0 Å². The molecule has 0 fully saturated rings. The van der Waals surface area contributed by atoms with Gasteiger partial charge in [0, 0.05) is 6.54 Å². The molecule has 26 heavy (non-hydrogen) atoms. The molecule has 5 heteroatoms. The normalized spacial score (nSPS) is 10.2. The number of nitrogens with one attached hydrogen (secondary N) is 1. The van der Waals surface area contributed by atoms with Gasteiger partial charge in [-0.1, -0.05) is 30.3 Å². The van der Waals surface area contributed by atoms with E-state index in [0.717, 1.165) is 29.4 Å². The zero-order valence-electron chi connectivity index (χ0n) is 15.0. The Balaban J connectivity index is 0.00000243. The highest BCUT2D eigenvalue weighted by Crippen LogP contribution is 2.29. The van der Waals surface area contributed by atoms with E-state index < -0.39 is 0 Å². The number of furan rings is 1. The maximum atomic E-state index is 5.95. The first-order valence-electron chi connectivity index (χ1n) is 8.33. The average Bonchev–Trinajstić information content (AvgIpc) is 3.15. The van der Waals surface area contributed by atoms with Gasteiger partial charge in [0.25, 0.3) is 0 Å². The lowest BCUT2D eigenvalue weighted by Crippen LogP contribution is -3.00. The summed E-state index contributed by atoms with van der Waals surface area (Å²) < 4.78 is 16.8. The number of methoxy groups -OCH3 is 1. The van der Waals surface area contributed by atoms with Crippen LogP contribution in [0.1, 0.15) is 22.5 Å². The highest BCUT2D eigenvalue weighted by Gasteiger charge is 2.07. The molecule has 0 aliphatic carbocycles. The Morgan fingerprint density at radius 3 is 2.54 bits per heavy atom. The first kappa shape index (κ1) is 19.9. The second kappa shape index (κ2) is 9.90. The van der Waals surface area contributed by atoms with Gasteiger partial charge in [0.05, 0.1) is 19.9 Å². The lowest BCUT2D eigenvalue weighted by atomic mass is 10.1. The van der Waals surface area contributed by atoms with E-state index >= 15 is 0 Å². The van der Waals surface area contributed by atoms with Crippen LogP contribution in [0.5, 0.6) is 11.5 Å². The molecule has 0 aliphatic rings. The van der Waals surface area contributed by atoms with Gasteiger partial charge in [-0.25, -0.2) is 0 Å². The molecule has 0 amide bonds. The zero-order valence-corrected chi connectivity index (χ0v) is 15.8. The van der Waals surface area contributed by atoms with Gasteiger partial charge in [0.1, 0.15) is 12.4 Å². The summed E-state index contributed by atoms with van der Waals surface area (Å²) in [6.45, 7) is 4.04. The van der Waals surface area contributed by atoms with Crippen LogP contribution in [0.2, 0.25) is 0 Å². The molecule has 3 rings (SSSR count). The molecule has 0 radical (unpaired) electrons. The van der Waals surface area contributed by atoms with E-state index in [9.17, 15) is 0 Å². The Morgan fingerprint density at radius 2 is 1.81 bits per heavy atom. The average molecular weight is 373 g/mol. The summed E-state index contributed by atoms with van der Waals surface area (Å²) in [6, 6.07) is 18.1. The summed E-state index contributed by atoms with van der Waals surface area (Å²) in [7, 11) is 1.66. The van der Waals surface area contributed by atoms with Crippen molar-refractivity contribution in [1.29, 1.82) is 0 Å². The van der Waals surface area contributed by atoms with Gasteiger partial charge in [-0.3, -0.25) is 0 Å². The van der Waals surface area contributed by atoms with Crippen LogP contribution < -0.4 is 27.2 Å². The van der Waals surface area contributed by atoms with Gasteiger partial charge in [-0.05, 0) is 47.9 Å². The molecule has 4 nitrogen and oxygen atoms in total. The number of rotatable bonds is 8. The maximum Gasteiger partial charge on any atom is 0.161 e. The predicted molar refractivity (Wildman–Crippen MR) is 97.8 cm³/mol. The molecular weight excluding hydrogens is 350 g/mol. The second-order valence-corrected chi connectivity index (χ2v) is 5.88. The Bertz CT molecular complexity index is 803. The monoisotopic (exact) mass is 372 g/mol. The van der Waals surface area contributed by atoms with Crippen LogP contribution in [0.3, 0.4) is 0 Å². The van der Waals surface area contributed by atoms with Crippen molar-refractivity contribution in [2.45, 2.75) is 26.6 Å². The van der Waals surface area contributed by atoms with E-state index in [0.29, 0.717) is 13.2 Å². The topological polar surface area (TPSA) is 43.6 Å². The van der Waals surface area contributed by atoms with Crippen LogP contribution >= 0.6 is 0 Å². The van der Waals surface area contributed by atoms with Gasteiger partial charge >= 0.3 is 0 Å². The first-order chi connectivity index (χ1) is 12.3. The largest absolute Gasteiger partial charge is 1.00 e. The molecule has 0 saturated carbocycles. The third kappa shape index (κ3) is 5.28. The lowest BCUT2D eigenvalue weighted by molar-refractivity contribution is -0.00000625. The molecule has 0 spiro atoms. The molecule has 0 saturated heterocycles. The molecule has 2 aromatic carbocycles. The summed E-state index contributed by atoms with van der Waals surface area (Å²) in [6.07, 6.45) is 1.68. The quantitative estimate of drug-likeness (QED) is 0.650. The van der Waals surface area contributed by atoms with E-state index in [-0.39, 0.29) is 12.4 Å². The Hall–Kier alpha value is -2.43. The minimum Gasteiger partial charge on any atom is -1.00 e. The van der Waals surface area contributed by atoms with E-state index in [2.05, 4.69) is 24.4 Å². The minimum absolute atomic E-state index is 0. The van der Waals surface area contributed by atoms with Crippen LogP contribution in [0.25, 0.3) is 0 Å². The standard InChI is InChI=1S/C21H23NO3.ClH/c1-16-6-3-4-7-18(16)15-25-20-10-9-17(12-21(20)23-2)13-22-14-19-8-5-11-24-19;/h3-12,22H,13-15H2,1-2H3;1H/p-1. The van der Waals surface area contributed by atoms with E-state index in [1.807, 2.05) is 42.5 Å². The molecule has 0 bridgehead atoms. The molecule has 1 N–H and O–H groups in total. The first-order valence-corrected chi connectivity index (χ1v) is 8.33. The summed E-state index contributed by atoms with van der Waals surface area (Å²) in [5.74, 6) is 2.41. The van der Waals surface area contributed by atoms with Crippen LogP contribution in [0.15, 0.2) is 65.3 Å². The Labute approximate surface area is 160 Å². The summed E-state index contributed by atoms with van der Waals surface area (Å²) in [5, 5.41) is 3.35. The van der Waals surface area contributed by atoms with Crippen molar-refractivity contribution in [1.82, 2.24) is 5.32 Å². The van der Waals surface area contributed by atoms with E-state index in [4.69, 9.17) is 13.9 Å². The van der Waals surface area contributed by atoms with Crippen molar-refractivity contribution in [3.05, 3.63) is 83.3 Å². The predicted octanol–water partition coefficient (Wildman–Crippen LogP) is 1.47. The molecule has 0 atom stereocenters. The van der Waals surface area contributed by atoms with Gasteiger partial charge < -0.3 is 31.6 Å². The third-order valence-electron chi connectivity index (χ3n) is 4.08. The number of hydrogen-bond donors (Lipinski definition) is 1. The fourth-order valence-corrected chi connectivity index (χ4v) is 2.61. The van der Waals surface area contributed by atoms with Crippen molar-refractivity contribution >= 4 is 0 Å². The summed E-state index contributed by atoms with van der Waals surface area (Å²) in [4.78, 5) is 0. The highest BCUT2D eigenvalue weighted by atomic mass is 35.5. The fraction of sp³-hybridized carbons (Fsp3) is 0.238. The lowest BCUT2D eigenvalue weighted by Gasteiger charge is -2.13. The second-order valence-electron chi connectivity index (χ2n) is 5.88. The minimum atomic E-state index is 0. The van der Waals surface area contributed by atoms with E-state index in [1.54, 1.807) is 13.4 Å². The number of halogens is 1. The Morgan fingerprint density at radius 1 is 0.962 bits per heavy atom. The van der Waals surface area contributed by atoms with Gasteiger partial charge in [0.15, 0.2) is 11.5 Å². The molecule has 1 heterocycles. The maximum absolute atomic E-state index is 5.95. The molecule has 0 unspecified atom stereocenters. The molecular formula is C21H23ClNO3-. The molecule has 0 aliphatic heterocycles. The summed E-state index contributed by atoms with van der Waals surface area (Å²) >= 11 is 0. The van der Waals surface area contributed by atoms with Crippen molar-refractivity contribution in [3.8, 4) is 11.5 Å². The van der Waals surface area contributed by atoms with Crippen LogP contribution in [-0.4, -0.2) is 7.11 Å². The number of ether oxygens (including phenoxy) is 2. The van der Waals surface area contributed by atoms with Crippen LogP contribution in [0.4, 0.5) is 0 Å². The van der Waals surface area contributed by atoms with Crippen molar-refractivity contribution in [2.75, 3.05) is 7.11 Å². The molecule has 1 aromatic heterocycles. The highest BCUT2D eigenvalue weighted by molar-refractivity contribution is 5.43. The number of hydrogen-bond acceptors (Lipinski definition) is 4. The van der Waals surface area contributed by atoms with Crippen molar-refractivity contribution in [2.24, 2.45) is 0 Å². The Kier molecular flexibility index (Phi) is 7.57. The van der Waals surface area contributed by atoms with Crippen molar-refractivity contribution < 1.29 is 26.3 Å². The fourth-order valence-electron chi connectivity index (χ4n) is 2.61. The van der Waals surface area contributed by atoms with Gasteiger partial charge in [-0.15, -0.1) is 0 Å². The van der Waals surface area contributed by atoms with E-state index in [1.165, 1.54) is 11.1 Å². The smallest absolute Gasteiger partial charge is 0.161 e. The van der Waals surface area contributed by atoms with Crippen LogP contribution in [-0.2, 0) is 19.7 Å². The third-order valence-corrected chi connectivity index (χ3v) is 4.08. The number of benzene rings is 2. The van der Waals surface area contributed by atoms with Gasteiger partial charge in [0.2, 0.25) is 0 Å². The summed E-state index contributed by atoms with van der Waals surface area (Å²) in [5.41, 5.74) is 3.53. The molecule has 138 valence electrons.